The molecule has 0 radical (unpaired) electrons. The smallest absolute Gasteiger partial charge is 0.419 e. The summed E-state index contributed by atoms with van der Waals surface area (Å²) in [6.07, 6.45) is -0.219. The number of hydrogen-bond donors (Lipinski definition) is 1. The van der Waals surface area contributed by atoms with E-state index in [0.29, 0.717) is 12.7 Å². The van der Waals surface area contributed by atoms with E-state index in [-0.39, 0.29) is 12.8 Å². The molecule has 3 amide bonds. The lowest BCUT2D eigenvalue weighted by molar-refractivity contribution is -0.144. The van der Waals surface area contributed by atoms with Crippen molar-refractivity contribution in [1.29, 1.82) is 0 Å². The average molecular weight is 429 g/mol. The molecule has 8 nitrogen and oxygen atoms in total. The highest BCUT2D eigenvalue weighted by Crippen LogP contribution is 2.31. The van der Waals surface area contributed by atoms with E-state index in [1.807, 2.05) is 27.7 Å². The van der Waals surface area contributed by atoms with Crippen molar-refractivity contribution in [2.24, 2.45) is 5.41 Å². The van der Waals surface area contributed by atoms with Crippen LogP contribution in [0.3, 0.4) is 0 Å². The molecule has 0 aromatic heterocycles. The lowest BCUT2D eigenvalue weighted by Crippen LogP contribution is -2.67. The number of nitrogens with one attached hydrogen (secondary N) is 1. The SMILES string of the molecule is CCCCC(=O)N(C(=O)OC(C)(C)C)[C@](C=O)(CC(C)(C)C)NC(=O)OC(C)(C)C. The fourth-order valence-electron chi connectivity index (χ4n) is 2.83. The summed E-state index contributed by atoms with van der Waals surface area (Å²) in [4.78, 5) is 51.9. The van der Waals surface area contributed by atoms with Crippen molar-refractivity contribution in [2.75, 3.05) is 0 Å². The van der Waals surface area contributed by atoms with Crippen LogP contribution in [0.1, 0.15) is 94.9 Å². The second kappa shape index (κ2) is 10.3. The lowest BCUT2D eigenvalue weighted by atomic mass is 9.84. The van der Waals surface area contributed by atoms with Gasteiger partial charge in [-0.05, 0) is 53.4 Å². The second-order valence-electron chi connectivity index (χ2n) is 10.7. The highest BCUT2D eigenvalue weighted by atomic mass is 16.6. The molecule has 0 bridgehead atoms. The van der Waals surface area contributed by atoms with E-state index in [2.05, 4.69) is 5.32 Å². The van der Waals surface area contributed by atoms with E-state index in [1.165, 1.54) is 0 Å². The fourth-order valence-corrected chi connectivity index (χ4v) is 2.83. The van der Waals surface area contributed by atoms with Crippen molar-refractivity contribution in [1.82, 2.24) is 10.2 Å². The fraction of sp³-hybridized carbons (Fsp3) is 0.818. The highest BCUT2D eigenvalue weighted by Gasteiger charge is 2.49. The number of hydrogen-bond acceptors (Lipinski definition) is 6. The zero-order chi connectivity index (χ0) is 24.0. The van der Waals surface area contributed by atoms with Crippen molar-refractivity contribution >= 4 is 24.4 Å². The molecular formula is C22H40N2O6. The Labute approximate surface area is 181 Å². The normalized spacial score (nSPS) is 14.3. The van der Waals surface area contributed by atoms with Crippen molar-refractivity contribution in [3.05, 3.63) is 0 Å². The third-order valence-corrected chi connectivity index (χ3v) is 3.68. The van der Waals surface area contributed by atoms with Gasteiger partial charge in [0.2, 0.25) is 5.91 Å². The Balaban J connectivity index is 6.40. The van der Waals surface area contributed by atoms with Gasteiger partial charge in [0, 0.05) is 12.8 Å². The van der Waals surface area contributed by atoms with Crippen molar-refractivity contribution < 1.29 is 28.7 Å². The maximum Gasteiger partial charge on any atom is 0.419 e. The molecule has 0 heterocycles. The zero-order valence-electron chi connectivity index (χ0n) is 20.3. The van der Waals surface area contributed by atoms with Crippen LogP contribution in [0.4, 0.5) is 9.59 Å². The molecule has 0 aliphatic heterocycles. The first-order valence-corrected chi connectivity index (χ1v) is 10.4. The second-order valence-corrected chi connectivity index (χ2v) is 10.7. The van der Waals surface area contributed by atoms with Gasteiger partial charge in [-0.1, -0.05) is 34.1 Å². The van der Waals surface area contributed by atoms with Crippen LogP contribution in [0, 0.1) is 5.41 Å². The Morgan fingerprint density at radius 2 is 1.40 bits per heavy atom. The molecule has 174 valence electrons. The third kappa shape index (κ3) is 10.1. The van der Waals surface area contributed by atoms with Gasteiger partial charge in [-0.3, -0.25) is 14.9 Å². The number of alkyl carbamates (subject to hydrolysis) is 1. The van der Waals surface area contributed by atoms with E-state index >= 15 is 0 Å². The predicted molar refractivity (Wildman–Crippen MR) is 115 cm³/mol. The summed E-state index contributed by atoms with van der Waals surface area (Å²) < 4.78 is 10.7. The van der Waals surface area contributed by atoms with Gasteiger partial charge in [-0.2, -0.15) is 0 Å². The summed E-state index contributed by atoms with van der Waals surface area (Å²) in [6, 6.07) is 0. The van der Waals surface area contributed by atoms with Crippen LogP contribution in [-0.4, -0.2) is 46.1 Å². The molecule has 8 heteroatoms. The standard InChI is InChI=1S/C22H40N2O6/c1-11-12-13-16(26)24(18(28)30-21(8,9)10)22(15-25,14-19(2,3)4)23-17(27)29-20(5,6)7/h15H,11-14H2,1-10H3,(H,23,27)/t22-/m0/s1. The van der Waals surface area contributed by atoms with E-state index in [9.17, 15) is 19.2 Å². The minimum Gasteiger partial charge on any atom is -0.444 e. The molecule has 0 aromatic carbocycles. The molecule has 0 spiro atoms. The van der Waals surface area contributed by atoms with E-state index in [1.54, 1.807) is 41.5 Å². The lowest BCUT2D eigenvalue weighted by Gasteiger charge is -2.42. The van der Waals surface area contributed by atoms with Crippen LogP contribution in [-0.2, 0) is 19.1 Å². The molecule has 0 unspecified atom stereocenters. The largest absolute Gasteiger partial charge is 0.444 e. The average Bonchev–Trinajstić information content (AvgIpc) is 2.47. The predicted octanol–water partition coefficient (Wildman–Crippen LogP) is 4.80. The van der Waals surface area contributed by atoms with Gasteiger partial charge in [-0.15, -0.1) is 0 Å². The number of amides is 3. The van der Waals surface area contributed by atoms with Crippen molar-refractivity contribution in [3.8, 4) is 0 Å². The minimum absolute atomic E-state index is 0.0140. The Hall–Kier alpha value is -2.12. The molecule has 30 heavy (non-hydrogen) atoms. The number of nitrogens with zero attached hydrogens (tertiary/aromatic N) is 1. The van der Waals surface area contributed by atoms with Gasteiger partial charge in [0.05, 0.1) is 0 Å². The zero-order valence-corrected chi connectivity index (χ0v) is 20.3. The molecule has 0 aliphatic carbocycles. The molecule has 0 aliphatic rings. The Bertz CT molecular complexity index is 625. The van der Waals surface area contributed by atoms with Gasteiger partial charge < -0.3 is 9.47 Å². The van der Waals surface area contributed by atoms with Crippen molar-refractivity contribution in [2.45, 2.75) is 112 Å². The topological polar surface area (TPSA) is 102 Å². The van der Waals surface area contributed by atoms with Crippen LogP contribution in [0.5, 0.6) is 0 Å². The van der Waals surface area contributed by atoms with Gasteiger partial charge in [-0.25, -0.2) is 14.5 Å². The monoisotopic (exact) mass is 428 g/mol. The molecule has 0 saturated heterocycles. The Morgan fingerprint density at radius 3 is 1.77 bits per heavy atom. The van der Waals surface area contributed by atoms with E-state index in [4.69, 9.17) is 9.47 Å². The summed E-state index contributed by atoms with van der Waals surface area (Å²) in [6.45, 7) is 17.4. The van der Waals surface area contributed by atoms with Crippen LogP contribution >= 0.6 is 0 Å². The molecular weight excluding hydrogens is 388 g/mol. The maximum atomic E-state index is 13.1. The molecule has 0 rings (SSSR count). The Morgan fingerprint density at radius 1 is 0.900 bits per heavy atom. The molecule has 0 saturated carbocycles. The number of rotatable bonds is 7. The van der Waals surface area contributed by atoms with Gasteiger partial charge in [0.25, 0.3) is 0 Å². The van der Waals surface area contributed by atoms with Gasteiger partial charge in [0.1, 0.15) is 11.2 Å². The summed E-state index contributed by atoms with van der Waals surface area (Å²) in [5.41, 5.74) is -4.21. The van der Waals surface area contributed by atoms with Crippen LogP contribution in [0.25, 0.3) is 0 Å². The first-order chi connectivity index (χ1) is 13.4. The molecule has 0 fully saturated rings. The van der Waals surface area contributed by atoms with E-state index in [0.717, 1.165) is 11.3 Å². The maximum absolute atomic E-state index is 13.1. The van der Waals surface area contributed by atoms with Crippen LogP contribution in [0.2, 0.25) is 0 Å². The number of aldehydes is 1. The van der Waals surface area contributed by atoms with Crippen LogP contribution in [0.15, 0.2) is 0 Å². The summed E-state index contributed by atoms with van der Waals surface area (Å²) in [5.74, 6) is -0.599. The van der Waals surface area contributed by atoms with E-state index < -0.39 is 40.4 Å². The number of ether oxygens (including phenoxy) is 2. The number of imide groups is 1. The van der Waals surface area contributed by atoms with Gasteiger partial charge >= 0.3 is 12.2 Å². The van der Waals surface area contributed by atoms with Crippen LogP contribution < -0.4 is 5.32 Å². The minimum atomic E-state index is -1.95. The van der Waals surface area contributed by atoms with Gasteiger partial charge in [0.15, 0.2) is 11.9 Å². The molecule has 1 N–H and O–H groups in total. The number of carbonyl (C=O) groups excluding carboxylic acids is 4. The quantitative estimate of drug-likeness (QED) is 0.462. The molecule has 1 atom stereocenters. The van der Waals surface area contributed by atoms with Crippen molar-refractivity contribution in [3.63, 3.8) is 0 Å². The number of unbranched alkanes of at least 4 members (excludes halogenated alkanes) is 1. The third-order valence-electron chi connectivity index (χ3n) is 3.68. The Kier molecular flexibility index (Phi) is 9.54. The highest BCUT2D eigenvalue weighted by molar-refractivity contribution is 5.97. The molecule has 0 aromatic rings. The summed E-state index contributed by atoms with van der Waals surface area (Å²) in [7, 11) is 0. The summed E-state index contributed by atoms with van der Waals surface area (Å²) in [5, 5.41) is 2.49. The number of carbonyl (C=O) groups is 4. The summed E-state index contributed by atoms with van der Waals surface area (Å²) >= 11 is 0. The first kappa shape index (κ1) is 27.9. The first-order valence-electron chi connectivity index (χ1n) is 10.4.